The van der Waals surface area contributed by atoms with Gasteiger partial charge in [-0.3, -0.25) is 4.79 Å². The first kappa shape index (κ1) is 14.4. The molecule has 1 aliphatic carbocycles. The third kappa shape index (κ3) is 2.63. The normalized spacial score (nSPS) is 25.0. The van der Waals surface area contributed by atoms with Gasteiger partial charge in [-0.25, -0.2) is 5.43 Å². The van der Waals surface area contributed by atoms with Crippen LogP contribution < -0.4 is 5.43 Å². The summed E-state index contributed by atoms with van der Waals surface area (Å²) in [5, 5.41) is 4.13. The first-order valence-electron chi connectivity index (χ1n) is 6.06. The van der Waals surface area contributed by atoms with Gasteiger partial charge in [-0.15, -0.1) is 23.2 Å². The first-order valence-corrected chi connectivity index (χ1v) is 6.82. The monoisotopic (exact) mass is 298 g/mol. The maximum atomic E-state index is 12.0. The van der Waals surface area contributed by atoms with Crippen LogP contribution in [0.1, 0.15) is 31.4 Å². The topological polar surface area (TPSA) is 41.5 Å². The van der Waals surface area contributed by atoms with Crippen molar-refractivity contribution in [3.63, 3.8) is 0 Å². The van der Waals surface area contributed by atoms with E-state index in [-0.39, 0.29) is 5.91 Å². The quantitative estimate of drug-likeness (QED) is 0.518. The zero-order valence-electron chi connectivity index (χ0n) is 11.1. The van der Waals surface area contributed by atoms with E-state index in [9.17, 15) is 4.79 Å². The third-order valence-electron chi connectivity index (χ3n) is 3.62. The molecule has 3 nitrogen and oxygen atoms in total. The minimum atomic E-state index is -0.969. The highest BCUT2D eigenvalue weighted by molar-refractivity contribution is 6.53. The van der Waals surface area contributed by atoms with Crippen molar-refractivity contribution < 1.29 is 4.79 Å². The first-order chi connectivity index (χ1) is 8.78. The molecule has 1 aliphatic rings. The predicted molar refractivity (Wildman–Crippen MR) is 78.7 cm³/mol. The van der Waals surface area contributed by atoms with Crippen molar-refractivity contribution in [1.29, 1.82) is 0 Å². The molecule has 2 rings (SSSR count). The van der Waals surface area contributed by atoms with Gasteiger partial charge in [0.15, 0.2) is 0 Å². The molecule has 1 amide bonds. The van der Waals surface area contributed by atoms with Gasteiger partial charge >= 0.3 is 0 Å². The van der Waals surface area contributed by atoms with E-state index in [0.29, 0.717) is 6.42 Å². The second kappa shape index (κ2) is 4.80. The van der Waals surface area contributed by atoms with E-state index in [1.54, 1.807) is 6.92 Å². The molecule has 0 aliphatic heterocycles. The molecule has 1 N–H and O–H groups in total. The summed E-state index contributed by atoms with van der Waals surface area (Å²) < 4.78 is -0.969. The van der Waals surface area contributed by atoms with E-state index in [0.717, 1.165) is 16.8 Å². The van der Waals surface area contributed by atoms with E-state index in [1.807, 2.05) is 38.1 Å². The molecule has 1 aromatic rings. The Morgan fingerprint density at radius 3 is 2.47 bits per heavy atom. The van der Waals surface area contributed by atoms with Crippen molar-refractivity contribution in [3.05, 3.63) is 35.4 Å². The molecule has 1 fully saturated rings. The van der Waals surface area contributed by atoms with Crippen LogP contribution in [0.4, 0.5) is 0 Å². The SMILES string of the molecule is C/C(=N/NC(=O)[C@@]1(C)CC1(Cl)Cl)c1ccccc1C. The minimum absolute atomic E-state index is 0.245. The van der Waals surface area contributed by atoms with Crippen molar-refractivity contribution in [2.45, 2.75) is 31.5 Å². The van der Waals surface area contributed by atoms with Crippen molar-refractivity contribution in [2.75, 3.05) is 0 Å². The molecule has 0 radical (unpaired) electrons. The number of hydrogen-bond acceptors (Lipinski definition) is 2. The number of benzene rings is 1. The molecule has 0 saturated heterocycles. The number of nitrogens with zero attached hydrogens (tertiary/aromatic N) is 1. The fourth-order valence-corrected chi connectivity index (χ4v) is 2.65. The zero-order chi connectivity index (χ0) is 14.3. The Morgan fingerprint density at radius 2 is 1.95 bits per heavy atom. The Bertz CT molecular complexity index is 554. The van der Waals surface area contributed by atoms with Crippen molar-refractivity contribution >= 4 is 34.8 Å². The number of carbonyl (C=O) groups is 1. The number of halogens is 2. The molecule has 19 heavy (non-hydrogen) atoms. The predicted octanol–water partition coefficient (Wildman–Crippen LogP) is 3.42. The molecule has 0 unspecified atom stereocenters. The fourth-order valence-electron chi connectivity index (χ4n) is 1.94. The summed E-state index contributed by atoms with van der Waals surface area (Å²) >= 11 is 11.9. The smallest absolute Gasteiger partial charge is 0.249 e. The molecule has 0 spiro atoms. The lowest BCUT2D eigenvalue weighted by Gasteiger charge is -2.10. The van der Waals surface area contributed by atoms with Crippen molar-refractivity contribution in [2.24, 2.45) is 10.5 Å². The summed E-state index contributed by atoms with van der Waals surface area (Å²) in [4.78, 5) is 12.0. The molecular formula is C14H16Cl2N2O. The number of hydrazone groups is 1. The van der Waals surface area contributed by atoms with E-state index in [1.165, 1.54) is 0 Å². The lowest BCUT2D eigenvalue weighted by molar-refractivity contribution is -0.125. The Morgan fingerprint density at radius 1 is 1.37 bits per heavy atom. The fraction of sp³-hybridized carbons (Fsp3) is 0.429. The van der Waals surface area contributed by atoms with Crippen LogP contribution in [0.15, 0.2) is 29.4 Å². The van der Waals surface area contributed by atoms with Gasteiger partial charge in [0.25, 0.3) is 0 Å². The van der Waals surface area contributed by atoms with Crippen molar-refractivity contribution in [3.8, 4) is 0 Å². The molecule has 1 saturated carbocycles. The van der Waals surface area contributed by atoms with E-state index in [2.05, 4.69) is 10.5 Å². The Balaban J connectivity index is 2.08. The zero-order valence-corrected chi connectivity index (χ0v) is 12.6. The van der Waals surface area contributed by atoms with Crippen LogP contribution >= 0.6 is 23.2 Å². The largest absolute Gasteiger partial charge is 0.272 e. The van der Waals surface area contributed by atoms with Crippen LogP contribution in [0, 0.1) is 12.3 Å². The third-order valence-corrected chi connectivity index (χ3v) is 4.72. The van der Waals surface area contributed by atoms with Gasteiger partial charge in [-0.05, 0) is 32.8 Å². The number of nitrogens with one attached hydrogen (secondary N) is 1. The highest BCUT2D eigenvalue weighted by Crippen LogP contribution is 2.63. The number of carbonyl (C=O) groups excluding carboxylic acids is 1. The molecule has 1 aromatic carbocycles. The molecule has 0 heterocycles. The molecule has 102 valence electrons. The maximum Gasteiger partial charge on any atom is 0.249 e. The molecular weight excluding hydrogens is 283 g/mol. The van der Waals surface area contributed by atoms with Crippen LogP contribution in [0.3, 0.4) is 0 Å². The summed E-state index contributed by atoms with van der Waals surface area (Å²) in [7, 11) is 0. The average molecular weight is 299 g/mol. The van der Waals surface area contributed by atoms with Crippen LogP contribution in [0.5, 0.6) is 0 Å². The summed E-state index contributed by atoms with van der Waals surface area (Å²) in [5.41, 5.74) is 4.67. The van der Waals surface area contributed by atoms with Gasteiger partial charge < -0.3 is 0 Å². The molecule has 0 bridgehead atoms. The van der Waals surface area contributed by atoms with Gasteiger partial charge in [0, 0.05) is 5.56 Å². The summed E-state index contributed by atoms with van der Waals surface area (Å²) in [6.07, 6.45) is 0.452. The Hall–Kier alpha value is -1.06. The summed E-state index contributed by atoms with van der Waals surface area (Å²) in [6, 6.07) is 7.87. The van der Waals surface area contributed by atoms with Crippen LogP contribution in [0.2, 0.25) is 0 Å². The highest BCUT2D eigenvalue weighted by Gasteiger charge is 2.68. The number of amides is 1. The second-order valence-electron chi connectivity index (χ2n) is 5.17. The maximum absolute atomic E-state index is 12.0. The van der Waals surface area contributed by atoms with Crippen LogP contribution in [0.25, 0.3) is 0 Å². The lowest BCUT2D eigenvalue weighted by Crippen LogP contribution is -2.30. The molecule has 1 atom stereocenters. The Kier molecular flexibility index (Phi) is 3.63. The standard InChI is InChI=1S/C14H16Cl2N2O/c1-9-6-4-5-7-11(9)10(2)17-18-12(19)13(3)8-14(13,15)16/h4-7H,8H2,1-3H3,(H,18,19)/b17-10-/t13-/m1/s1. The molecule has 5 heteroatoms. The van der Waals surface area contributed by atoms with Gasteiger partial charge in [0.2, 0.25) is 5.91 Å². The number of rotatable bonds is 3. The van der Waals surface area contributed by atoms with Gasteiger partial charge in [-0.2, -0.15) is 5.10 Å². The van der Waals surface area contributed by atoms with Gasteiger partial charge in [0.1, 0.15) is 4.33 Å². The van der Waals surface area contributed by atoms with Crippen LogP contribution in [-0.4, -0.2) is 16.0 Å². The van der Waals surface area contributed by atoms with Crippen LogP contribution in [-0.2, 0) is 4.79 Å². The van der Waals surface area contributed by atoms with Gasteiger partial charge in [0.05, 0.1) is 11.1 Å². The van der Waals surface area contributed by atoms with E-state index >= 15 is 0 Å². The van der Waals surface area contributed by atoms with Crippen molar-refractivity contribution in [1.82, 2.24) is 5.43 Å². The summed E-state index contributed by atoms with van der Waals surface area (Å²) in [5.74, 6) is -0.245. The number of alkyl halides is 2. The number of hydrogen-bond donors (Lipinski definition) is 1. The van der Waals surface area contributed by atoms with E-state index in [4.69, 9.17) is 23.2 Å². The molecule has 0 aromatic heterocycles. The summed E-state index contributed by atoms with van der Waals surface area (Å²) in [6.45, 7) is 5.59. The van der Waals surface area contributed by atoms with Gasteiger partial charge in [-0.1, -0.05) is 24.3 Å². The lowest BCUT2D eigenvalue weighted by atomic mass is 10.1. The average Bonchev–Trinajstić information content (AvgIpc) is 2.87. The Labute approximate surface area is 123 Å². The highest BCUT2D eigenvalue weighted by atomic mass is 35.5. The second-order valence-corrected chi connectivity index (χ2v) is 6.65. The number of aryl methyl sites for hydroxylation is 1. The van der Waals surface area contributed by atoms with E-state index < -0.39 is 9.75 Å². The minimum Gasteiger partial charge on any atom is -0.272 e.